The van der Waals surface area contributed by atoms with Crippen molar-refractivity contribution >= 4 is 0 Å². The Balaban J connectivity index is 2.26. The molecule has 10 heavy (non-hydrogen) atoms. The average molecular weight is 138 g/mol. The van der Waals surface area contributed by atoms with E-state index in [1.165, 1.54) is 32.1 Å². The van der Waals surface area contributed by atoms with Crippen molar-refractivity contribution in [3.05, 3.63) is 11.6 Å². The van der Waals surface area contributed by atoms with E-state index in [1.807, 2.05) is 0 Å². The van der Waals surface area contributed by atoms with E-state index in [4.69, 9.17) is 0 Å². The molecule has 0 aromatic heterocycles. The van der Waals surface area contributed by atoms with Crippen molar-refractivity contribution in [2.24, 2.45) is 5.92 Å². The van der Waals surface area contributed by atoms with Crippen LogP contribution in [0.5, 0.6) is 0 Å². The lowest BCUT2D eigenvalue weighted by Gasteiger charge is -2.06. The Morgan fingerprint density at radius 3 is 2.90 bits per heavy atom. The van der Waals surface area contributed by atoms with Crippen LogP contribution in [0.3, 0.4) is 0 Å². The van der Waals surface area contributed by atoms with Crippen LogP contribution in [-0.2, 0) is 0 Å². The number of hydrogen-bond acceptors (Lipinski definition) is 0. The van der Waals surface area contributed by atoms with Crippen LogP contribution in [-0.4, -0.2) is 0 Å². The molecule has 0 amide bonds. The molecule has 0 saturated carbocycles. The topological polar surface area (TPSA) is 0 Å². The molecule has 0 aromatic rings. The van der Waals surface area contributed by atoms with Gasteiger partial charge in [0.25, 0.3) is 0 Å². The molecule has 58 valence electrons. The minimum Gasteiger partial charge on any atom is -0.0850 e. The van der Waals surface area contributed by atoms with E-state index in [9.17, 15) is 0 Å². The van der Waals surface area contributed by atoms with E-state index < -0.39 is 0 Å². The Bertz CT molecular complexity index is 122. The minimum atomic E-state index is 0.895. The van der Waals surface area contributed by atoms with Gasteiger partial charge in [0.2, 0.25) is 0 Å². The van der Waals surface area contributed by atoms with Crippen molar-refractivity contribution in [2.45, 2.75) is 46.0 Å². The van der Waals surface area contributed by atoms with Crippen molar-refractivity contribution in [1.29, 1.82) is 0 Å². The van der Waals surface area contributed by atoms with E-state index >= 15 is 0 Å². The van der Waals surface area contributed by atoms with Crippen LogP contribution in [0.15, 0.2) is 11.6 Å². The molecule has 0 saturated heterocycles. The molecule has 0 bridgehead atoms. The highest BCUT2D eigenvalue weighted by atomic mass is 14.2. The summed E-state index contributed by atoms with van der Waals surface area (Å²) in [4.78, 5) is 0. The van der Waals surface area contributed by atoms with Crippen molar-refractivity contribution in [3.63, 3.8) is 0 Å². The largest absolute Gasteiger partial charge is 0.0850 e. The highest BCUT2D eigenvalue weighted by Gasteiger charge is 2.12. The van der Waals surface area contributed by atoms with E-state index in [0.717, 1.165) is 5.92 Å². The smallest absolute Gasteiger partial charge is 0.0229 e. The van der Waals surface area contributed by atoms with Crippen LogP contribution in [0.1, 0.15) is 46.0 Å². The molecule has 0 fully saturated rings. The predicted octanol–water partition coefficient (Wildman–Crippen LogP) is 3.53. The van der Waals surface area contributed by atoms with E-state index in [2.05, 4.69) is 19.9 Å². The first kappa shape index (κ1) is 7.84. The SMILES string of the molecule is CCCCC1=CCC[C@H]1C. The molecule has 0 unspecified atom stereocenters. The fraction of sp³-hybridized carbons (Fsp3) is 0.800. The Morgan fingerprint density at radius 2 is 2.40 bits per heavy atom. The van der Waals surface area contributed by atoms with E-state index in [-0.39, 0.29) is 0 Å². The van der Waals surface area contributed by atoms with Gasteiger partial charge in [-0.2, -0.15) is 0 Å². The summed E-state index contributed by atoms with van der Waals surface area (Å²) in [5, 5.41) is 0. The number of unbranched alkanes of at least 4 members (excludes halogenated alkanes) is 1. The molecule has 0 N–H and O–H groups in total. The first-order valence-electron chi connectivity index (χ1n) is 4.53. The van der Waals surface area contributed by atoms with Gasteiger partial charge in [0.05, 0.1) is 0 Å². The van der Waals surface area contributed by atoms with Gasteiger partial charge in [-0.1, -0.05) is 31.9 Å². The van der Waals surface area contributed by atoms with Crippen molar-refractivity contribution in [1.82, 2.24) is 0 Å². The summed E-state index contributed by atoms with van der Waals surface area (Å²) in [5.74, 6) is 0.895. The van der Waals surface area contributed by atoms with Crippen LogP contribution >= 0.6 is 0 Å². The molecule has 1 atom stereocenters. The Morgan fingerprint density at radius 1 is 1.60 bits per heavy atom. The summed E-state index contributed by atoms with van der Waals surface area (Å²) >= 11 is 0. The zero-order valence-electron chi connectivity index (χ0n) is 7.19. The lowest BCUT2D eigenvalue weighted by molar-refractivity contribution is 0.626. The summed E-state index contributed by atoms with van der Waals surface area (Å²) in [6, 6.07) is 0. The molecule has 0 radical (unpaired) electrons. The van der Waals surface area contributed by atoms with Crippen LogP contribution in [0.25, 0.3) is 0 Å². The third kappa shape index (κ3) is 1.86. The molecule has 1 aliphatic carbocycles. The molecule has 0 heteroatoms. The number of rotatable bonds is 3. The molecule has 0 heterocycles. The Labute approximate surface area is 64.3 Å². The predicted molar refractivity (Wildman–Crippen MR) is 46.0 cm³/mol. The van der Waals surface area contributed by atoms with Crippen molar-refractivity contribution < 1.29 is 0 Å². The van der Waals surface area contributed by atoms with E-state index in [0.29, 0.717) is 0 Å². The van der Waals surface area contributed by atoms with Gasteiger partial charge in [0.1, 0.15) is 0 Å². The second kappa shape index (κ2) is 3.80. The summed E-state index contributed by atoms with van der Waals surface area (Å²) < 4.78 is 0. The quantitative estimate of drug-likeness (QED) is 0.523. The highest BCUT2D eigenvalue weighted by molar-refractivity contribution is 5.11. The van der Waals surface area contributed by atoms with Gasteiger partial charge >= 0.3 is 0 Å². The second-order valence-corrected chi connectivity index (χ2v) is 3.36. The van der Waals surface area contributed by atoms with Crippen LogP contribution in [0.2, 0.25) is 0 Å². The minimum absolute atomic E-state index is 0.895. The van der Waals surface area contributed by atoms with Gasteiger partial charge in [-0.15, -0.1) is 0 Å². The third-order valence-corrected chi connectivity index (χ3v) is 2.46. The summed E-state index contributed by atoms with van der Waals surface area (Å²) in [5.41, 5.74) is 1.72. The van der Waals surface area contributed by atoms with Crippen molar-refractivity contribution in [3.8, 4) is 0 Å². The maximum Gasteiger partial charge on any atom is -0.0229 e. The van der Waals surface area contributed by atoms with Gasteiger partial charge in [0, 0.05) is 0 Å². The zero-order valence-corrected chi connectivity index (χ0v) is 7.19. The van der Waals surface area contributed by atoms with Crippen LogP contribution in [0.4, 0.5) is 0 Å². The molecular weight excluding hydrogens is 120 g/mol. The fourth-order valence-electron chi connectivity index (χ4n) is 1.63. The molecule has 1 aliphatic rings. The lowest BCUT2D eigenvalue weighted by atomic mass is 9.99. The fourth-order valence-corrected chi connectivity index (χ4v) is 1.63. The van der Waals surface area contributed by atoms with Gasteiger partial charge < -0.3 is 0 Å². The van der Waals surface area contributed by atoms with E-state index in [1.54, 1.807) is 5.57 Å². The van der Waals surface area contributed by atoms with Gasteiger partial charge in [0.15, 0.2) is 0 Å². The standard InChI is InChI=1S/C10H18/c1-3-4-7-10-8-5-6-9(10)2/h8-9H,3-7H2,1-2H3/t9-/m1/s1. The second-order valence-electron chi connectivity index (χ2n) is 3.36. The zero-order chi connectivity index (χ0) is 7.40. The third-order valence-electron chi connectivity index (χ3n) is 2.46. The molecule has 0 nitrogen and oxygen atoms in total. The maximum atomic E-state index is 2.44. The molecule has 0 aliphatic heterocycles. The van der Waals surface area contributed by atoms with Crippen molar-refractivity contribution in [2.75, 3.05) is 0 Å². The monoisotopic (exact) mass is 138 g/mol. The molecule has 1 rings (SSSR count). The van der Waals surface area contributed by atoms with Gasteiger partial charge in [-0.25, -0.2) is 0 Å². The maximum absolute atomic E-state index is 2.44. The molecular formula is C10H18. The van der Waals surface area contributed by atoms with Crippen LogP contribution in [0, 0.1) is 5.92 Å². The Kier molecular flexibility index (Phi) is 2.98. The normalized spacial score (nSPS) is 25.0. The average Bonchev–Trinajstić information content (AvgIpc) is 2.31. The summed E-state index contributed by atoms with van der Waals surface area (Å²) in [6.45, 7) is 4.62. The first-order valence-corrected chi connectivity index (χ1v) is 4.53. The number of allylic oxidation sites excluding steroid dienone is 2. The highest BCUT2D eigenvalue weighted by Crippen LogP contribution is 2.28. The van der Waals surface area contributed by atoms with Gasteiger partial charge in [-0.05, 0) is 31.6 Å². The molecule has 0 aromatic carbocycles. The van der Waals surface area contributed by atoms with Crippen LogP contribution < -0.4 is 0 Å². The van der Waals surface area contributed by atoms with Gasteiger partial charge in [-0.3, -0.25) is 0 Å². The first-order chi connectivity index (χ1) is 4.84. The molecule has 0 spiro atoms. The Hall–Kier alpha value is -0.260. The summed E-state index contributed by atoms with van der Waals surface area (Å²) in [7, 11) is 0. The lowest BCUT2D eigenvalue weighted by Crippen LogP contribution is -1.91. The summed E-state index contributed by atoms with van der Waals surface area (Å²) in [6.07, 6.45) is 9.26. The number of hydrogen-bond donors (Lipinski definition) is 0.